The molecule has 5 N–H and O–H groups in total. The largest absolute Gasteiger partial charge is 0.508 e. The lowest BCUT2D eigenvalue weighted by Gasteiger charge is -2.21. The van der Waals surface area contributed by atoms with E-state index in [1.165, 1.54) is 30.3 Å². The van der Waals surface area contributed by atoms with Crippen LogP contribution in [0.3, 0.4) is 0 Å². The molecule has 13 heteroatoms. The number of nitriles is 1. The molecule has 1 aromatic carbocycles. The van der Waals surface area contributed by atoms with Crippen molar-refractivity contribution in [1.82, 2.24) is 16.0 Å². The Kier molecular flexibility index (Phi) is 11.9. The first kappa shape index (κ1) is 32.4. The Balaban J connectivity index is 2.84. The number of carbonyl (C=O) groups excluding carboxylic acids is 3. The molecule has 0 aliphatic heterocycles. The second-order valence-corrected chi connectivity index (χ2v) is 10.3. The van der Waals surface area contributed by atoms with Gasteiger partial charge in [-0.05, 0) is 78.2 Å². The van der Waals surface area contributed by atoms with Gasteiger partial charge in [0.05, 0.1) is 0 Å². The summed E-state index contributed by atoms with van der Waals surface area (Å²) in [5.41, 5.74) is -1.50. The standard InChI is InChI=1S/C26H35N5O8/c1-25(2,3)38-23(36)30-22(31-24(37)39-26(4,5)6)28-13-7-8-19(21(34)35)29-20(33)17(15-27)14-16-9-11-18(32)12-10-16/h9-12,14,19,32H,7-8,13H2,1-6H3,(H,29,33)(H,34,35)(H2,28,30,31,36,37)/b17-14+. The van der Waals surface area contributed by atoms with Crippen LogP contribution < -0.4 is 16.0 Å². The highest BCUT2D eigenvalue weighted by atomic mass is 16.6. The maximum atomic E-state index is 12.5. The third-order valence-electron chi connectivity index (χ3n) is 4.35. The van der Waals surface area contributed by atoms with E-state index >= 15 is 0 Å². The molecular weight excluding hydrogens is 510 g/mol. The van der Waals surface area contributed by atoms with Gasteiger partial charge in [-0.15, -0.1) is 4.99 Å². The van der Waals surface area contributed by atoms with E-state index in [-0.39, 0.29) is 36.7 Å². The molecule has 1 rings (SSSR count). The number of amides is 3. The van der Waals surface area contributed by atoms with Crippen molar-refractivity contribution >= 4 is 36.1 Å². The van der Waals surface area contributed by atoms with E-state index in [0.717, 1.165) is 0 Å². The maximum Gasteiger partial charge on any atom is 0.437 e. The number of phenolic OH excluding ortho intramolecular Hbond substituents is 1. The summed E-state index contributed by atoms with van der Waals surface area (Å²) in [4.78, 5) is 52.2. The summed E-state index contributed by atoms with van der Waals surface area (Å²) < 4.78 is 10.3. The number of ether oxygens (including phenoxy) is 2. The Hall–Kier alpha value is -4.60. The van der Waals surface area contributed by atoms with Crippen LogP contribution in [0.1, 0.15) is 59.9 Å². The predicted octanol–water partition coefficient (Wildman–Crippen LogP) is 3.05. The zero-order valence-electron chi connectivity index (χ0n) is 22.8. The predicted molar refractivity (Wildman–Crippen MR) is 142 cm³/mol. The molecule has 0 heterocycles. The first-order chi connectivity index (χ1) is 18.0. The van der Waals surface area contributed by atoms with Gasteiger partial charge in [-0.2, -0.15) is 5.26 Å². The number of aliphatic imine (C=N–C) groups is 1. The lowest BCUT2D eigenvalue weighted by Crippen LogP contribution is -2.45. The van der Waals surface area contributed by atoms with E-state index in [9.17, 15) is 34.7 Å². The smallest absolute Gasteiger partial charge is 0.437 e. The Bertz CT molecular complexity index is 1140. The molecule has 0 saturated carbocycles. The number of phenols is 1. The molecule has 0 radical (unpaired) electrons. The number of carbonyl (C=O) groups is 4. The summed E-state index contributed by atoms with van der Waals surface area (Å²) >= 11 is 0. The molecule has 0 fully saturated rings. The summed E-state index contributed by atoms with van der Waals surface area (Å²) in [5, 5.41) is 35.6. The van der Waals surface area contributed by atoms with Crippen LogP contribution in [0, 0.1) is 11.3 Å². The number of rotatable bonds is 8. The highest BCUT2D eigenvalue weighted by Crippen LogP contribution is 2.13. The van der Waals surface area contributed by atoms with Crippen LogP contribution >= 0.6 is 0 Å². The first-order valence-corrected chi connectivity index (χ1v) is 12.0. The number of hydrogen-bond acceptors (Lipinski definition) is 8. The quantitative estimate of drug-likeness (QED) is 0.106. The first-order valence-electron chi connectivity index (χ1n) is 12.0. The molecule has 212 valence electrons. The van der Waals surface area contributed by atoms with E-state index in [4.69, 9.17) is 9.47 Å². The Morgan fingerprint density at radius 1 is 1.05 bits per heavy atom. The number of alkyl carbamates (subject to hydrolysis) is 1. The number of carboxylic acid groups (broad SMARTS) is 1. The average Bonchev–Trinajstić information content (AvgIpc) is 2.77. The average molecular weight is 546 g/mol. The van der Waals surface area contributed by atoms with Crippen LogP contribution in [0.15, 0.2) is 34.8 Å². The van der Waals surface area contributed by atoms with Crippen molar-refractivity contribution in [3.8, 4) is 11.8 Å². The topological polar surface area (TPSA) is 199 Å². The summed E-state index contributed by atoms with van der Waals surface area (Å²) in [6.07, 6.45) is -0.488. The van der Waals surface area contributed by atoms with E-state index in [1.807, 2.05) is 0 Å². The highest BCUT2D eigenvalue weighted by molar-refractivity contribution is 6.03. The van der Waals surface area contributed by atoms with E-state index in [2.05, 4.69) is 20.9 Å². The minimum atomic E-state index is -1.33. The van der Waals surface area contributed by atoms with Crippen molar-refractivity contribution in [3.05, 3.63) is 35.4 Å². The van der Waals surface area contributed by atoms with Gasteiger partial charge in [-0.1, -0.05) is 12.1 Å². The minimum absolute atomic E-state index is 0.00949. The third kappa shape index (κ3) is 14.1. The number of nitrogens with one attached hydrogen (secondary N) is 3. The fourth-order valence-electron chi connectivity index (χ4n) is 2.78. The van der Waals surface area contributed by atoms with Crippen molar-refractivity contribution in [3.63, 3.8) is 0 Å². The fourth-order valence-corrected chi connectivity index (χ4v) is 2.78. The second kappa shape index (κ2) is 14.4. The van der Waals surface area contributed by atoms with Crippen molar-refractivity contribution in [2.45, 2.75) is 71.6 Å². The molecule has 0 bridgehead atoms. The van der Waals surface area contributed by atoms with Gasteiger partial charge in [0.25, 0.3) is 5.91 Å². The molecule has 3 amide bonds. The third-order valence-corrected chi connectivity index (χ3v) is 4.35. The number of guanidine groups is 1. The van der Waals surface area contributed by atoms with Gasteiger partial charge < -0.3 is 30.3 Å². The molecule has 39 heavy (non-hydrogen) atoms. The fraction of sp³-hybridized carbons (Fsp3) is 0.462. The van der Waals surface area contributed by atoms with Gasteiger partial charge in [0.15, 0.2) is 0 Å². The van der Waals surface area contributed by atoms with E-state index < -0.39 is 41.3 Å². The summed E-state index contributed by atoms with van der Waals surface area (Å²) in [7, 11) is 0. The van der Waals surface area contributed by atoms with Crippen LogP contribution in [-0.2, 0) is 19.1 Å². The van der Waals surface area contributed by atoms with Gasteiger partial charge in [0.2, 0.25) is 5.96 Å². The number of hydrogen-bond donors (Lipinski definition) is 5. The number of aromatic hydroxyl groups is 1. The number of nitrogens with zero attached hydrogens (tertiary/aromatic N) is 2. The molecule has 1 unspecified atom stereocenters. The van der Waals surface area contributed by atoms with Crippen molar-refractivity contribution in [2.75, 3.05) is 6.54 Å². The Morgan fingerprint density at radius 3 is 2.15 bits per heavy atom. The van der Waals surface area contributed by atoms with Crippen LogP contribution in [0.5, 0.6) is 5.75 Å². The number of carboxylic acids is 1. The molecule has 1 aromatic rings. The highest BCUT2D eigenvalue weighted by Gasteiger charge is 2.23. The van der Waals surface area contributed by atoms with Crippen molar-refractivity contribution in [1.29, 1.82) is 5.26 Å². The van der Waals surface area contributed by atoms with Crippen molar-refractivity contribution < 1.29 is 38.9 Å². The molecule has 0 aliphatic rings. The molecule has 0 aromatic heterocycles. The van der Waals surface area contributed by atoms with E-state index in [1.54, 1.807) is 47.6 Å². The molecule has 1 atom stereocenters. The second-order valence-electron chi connectivity index (χ2n) is 10.3. The SMILES string of the molecule is CC(C)(C)OC(=O)N=C(NCCCC(NC(=O)/C(C#N)=C/c1ccc(O)cc1)C(=O)O)NC(=O)OC(C)(C)C. The van der Waals surface area contributed by atoms with Gasteiger partial charge in [0.1, 0.15) is 34.6 Å². The van der Waals surface area contributed by atoms with Crippen LogP contribution in [0.25, 0.3) is 6.08 Å². The van der Waals surface area contributed by atoms with Crippen molar-refractivity contribution in [2.24, 2.45) is 4.99 Å². The number of aliphatic carboxylic acids is 1. The molecule has 0 saturated heterocycles. The Morgan fingerprint density at radius 2 is 1.64 bits per heavy atom. The number of benzene rings is 1. The molecule has 0 spiro atoms. The summed E-state index contributed by atoms with van der Waals surface area (Å²) in [5.74, 6) is -2.46. The van der Waals surface area contributed by atoms with Crippen LogP contribution in [-0.4, -0.2) is 64.0 Å². The zero-order valence-corrected chi connectivity index (χ0v) is 22.8. The molecular formula is C26H35N5O8. The zero-order chi connectivity index (χ0) is 29.8. The molecule has 13 nitrogen and oxygen atoms in total. The maximum absolute atomic E-state index is 12.5. The molecule has 0 aliphatic carbocycles. The van der Waals surface area contributed by atoms with Gasteiger partial charge >= 0.3 is 18.2 Å². The monoisotopic (exact) mass is 545 g/mol. The Labute approximate surface area is 226 Å². The van der Waals surface area contributed by atoms with E-state index in [0.29, 0.717) is 5.56 Å². The van der Waals surface area contributed by atoms with Gasteiger partial charge in [0, 0.05) is 6.54 Å². The lowest BCUT2D eigenvalue weighted by molar-refractivity contribution is -0.141. The van der Waals surface area contributed by atoms with Crippen LogP contribution in [0.2, 0.25) is 0 Å². The van der Waals surface area contributed by atoms with Gasteiger partial charge in [-0.3, -0.25) is 10.1 Å². The summed E-state index contributed by atoms with van der Waals surface area (Å²) in [6.45, 7) is 9.95. The normalized spacial score (nSPS) is 12.9. The summed E-state index contributed by atoms with van der Waals surface area (Å²) in [6, 6.07) is 6.13. The lowest BCUT2D eigenvalue weighted by atomic mass is 10.1. The minimum Gasteiger partial charge on any atom is -0.508 e. The van der Waals surface area contributed by atoms with Gasteiger partial charge in [-0.25, -0.2) is 14.4 Å². The van der Waals surface area contributed by atoms with Crippen LogP contribution in [0.4, 0.5) is 9.59 Å².